The number of halogens is 1. The van der Waals surface area contributed by atoms with Gasteiger partial charge in [0.15, 0.2) is 0 Å². The first-order chi connectivity index (χ1) is 8.97. The van der Waals surface area contributed by atoms with Crippen molar-refractivity contribution in [2.75, 3.05) is 6.61 Å². The normalized spacial score (nSPS) is 11.2. The minimum absolute atomic E-state index is 0.0636. The van der Waals surface area contributed by atoms with Crippen LogP contribution in [0.1, 0.15) is 13.3 Å². The van der Waals surface area contributed by atoms with Crippen LogP contribution in [0.2, 0.25) is 5.02 Å². The fourth-order valence-corrected chi connectivity index (χ4v) is 1.62. The Morgan fingerprint density at radius 1 is 1.58 bits per heavy atom. The molecule has 0 aromatic heterocycles. The highest BCUT2D eigenvalue weighted by Crippen LogP contribution is 2.34. The lowest BCUT2D eigenvalue weighted by Gasteiger charge is -2.06. The number of benzene rings is 1. The van der Waals surface area contributed by atoms with Crippen molar-refractivity contribution in [1.29, 1.82) is 0 Å². The van der Waals surface area contributed by atoms with Crippen LogP contribution >= 0.6 is 11.6 Å². The lowest BCUT2D eigenvalue weighted by Crippen LogP contribution is -2.04. The first-order valence-electron chi connectivity index (χ1n) is 5.45. The van der Waals surface area contributed by atoms with Gasteiger partial charge in [0.25, 0.3) is 0 Å². The summed E-state index contributed by atoms with van der Waals surface area (Å²) in [4.78, 5) is 20.9. The molecule has 0 amide bonds. The molecule has 19 heavy (non-hydrogen) atoms. The number of nitro groups is 1. The van der Waals surface area contributed by atoms with E-state index >= 15 is 0 Å². The van der Waals surface area contributed by atoms with Crippen LogP contribution in [0.3, 0.4) is 0 Å². The number of carbonyl (C=O) groups is 1. The quantitative estimate of drug-likeness (QED) is 0.493. The molecule has 0 aliphatic rings. The maximum absolute atomic E-state index is 10.8. The monoisotopic (exact) mass is 285 g/mol. The first kappa shape index (κ1) is 15.0. The number of nitro benzene ring substituents is 1. The molecular formula is C12H12ClNO5. The average Bonchev–Trinajstić information content (AvgIpc) is 2.35. The van der Waals surface area contributed by atoms with Gasteiger partial charge in [-0.1, -0.05) is 24.6 Å². The van der Waals surface area contributed by atoms with E-state index in [2.05, 4.69) is 0 Å². The van der Waals surface area contributed by atoms with Crippen molar-refractivity contribution in [3.63, 3.8) is 0 Å². The zero-order valence-corrected chi connectivity index (χ0v) is 10.9. The Bertz CT molecular complexity index is 527. The fourth-order valence-electron chi connectivity index (χ4n) is 1.39. The van der Waals surface area contributed by atoms with Gasteiger partial charge in [-0.2, -0.15) is 0 Å². The smallest absolute Gasteiger partial charge is 0.331 e. The molecule has 1 rings (SSSR count). The van der Waals surface area contributed by atoms with Crippen molar-refractivity contribution in [3.05, 3.63) is 45.0 Å². The Labute approximate surface area is 114 Å². The maximum atomic E-state index is 10.8. The number of ether oxygens (including phenoxy) is 1. The lowest BCUT2D eigenvalue weighted by atomic mass is 10.2. The number of aliphatic carboxylic acids is 1. The Hall–Kier alpha value is -2.08. The van der Waals surface area contributed by atoms with E-state index in [-0.39, 0.29) is 28.6 Å². The summed E-state index contributed by atoms with van der Waals surface area (Å²) in [5, 5.41) is 19.7. The van der Waals surface area contributed by atoms with E-state index in [0.717, 1.165) is 0 Å². The van der Waals surface area contributed by atoms with Gasteiger partial charge in [-0.25, -0.2) is 4.79 Å². The molecule has 0 fully saturated rings. The van der Waals surface area contributed by atoms with Crippen molar-refractivity contribution >= 4 is 23.3 Å². The second-order valence-electron chi connectivity index (χ2n) is 3.54. The number of carboxylic acids is 1. The maximum Gasteiger partial charge on any atom is 0.331 e. The van der Waals surface area contributed by atoms with E-state index in [9.17, 15) is 14.9 Å². The van der Waals surface area contributed by atoms with Crippen molar-refractivity contribution in [3.8, 4) is 5.75 Å². The summed E-state index contributed by atoms with van der Waals surface area (Å²) < 4.78 is 5.20. The molecule has 0 atom stereocenters. The van der Waals surface area contributed by atoms with Gasteiger partial charge < -0.3 is 9.84 Å². The fraction of sp³-hybridized carbons (Fsp3) is 0.250. The Balaban J connectivity index is 2.89. The van der Waals surface area contributed by atoms with Gasteiger partial charge in [-0.05, 0) is 18.6 Å². The predicted molar refractivity (Wildman–Crippen MR) is 69.6 cm³/mol. The van der Waals surface area contributed by atoms with Gasteiger partial charge in [0.2, 0.25) is 5.75 Å². The van der Waals surface area contributed by atoms with Gasteiger partial charge in [-0.3, -0.25) is 10.1 Å². The molecule has 1 N–H and O–H groups in total. The van der Waals surface area contributed by atoms with E-state index in [0.29, 0.717) is 6.42 Å². The number of nitrogens with zero attached hydrogens (tertiary/aromatic N) is 1. The molecule has 6 nitrogen and oxygen atoms in total. The third kappa shape index (κ3) is 3.96. The summed E-state index contributed by atoms with van der Waals surface area (Å²) in [6.07, 6.45) is 1.69. The van der Waals surface area contributed by atoms with Gasteiger partial charge in [0.1, 0.15) is 6.61 Å². The van der Waals surface area contributed by atoms with Crippen LogP contribution in [0.4, 0.5) is 5.69 Å². The van der Waals surface area contributed by atoms with Crippen molar-refractivity contribution in [2.45, 2.75) is 13.3 Å². The van der Waals surface area contributed by atoms with Crippen LogP contribution < -0.4 is 4.74 Å². The molecule has 1 aromatic rings. The minimum Gasteiger partial charge on any atom is -0.482 e. The highest BCUT2D eigenvalue weighted by Gasteiger charge is 2.17. The van der Waals surface area contributed by atoms with Gasteiger partial charge in [-0.15, -0.1) is 0 Å². The zero-order valence-electron chi connectivity index (χ0n) is 10.1. The second kappa shape index (κ2) is 6.75. The molecule has 0 unspecified atom stereocenters. The van der Waals surface area contributed by atoms with E-state index in [1.54, 1.807) is 6.92 Å². The number of hydrogen-bond donors (Lipinski definition) is 1. The van der Waals surface area contributed by atoms with Crippen LogP contribution in [-0.4, -0.2) is 22.6 Å². The summed E-state index contributed by atoms with van der Waals surface area (Å²) >= 11 is 5.82. The average molecular weight is 286 g/mol. The summed E-state index contributed by atoms with van der Waals surface area (Å²) in [6.45, 7) is 1.60. The number of rotatable bonds is 6. The minimum atomic E-state index is -1.04. The van der Waals surface area contributed by atoms with Crippen molar-refractivity contribution < 1.29 is 19.6 Å². The number of para-hydroxylation sites is 1. The van der Waals surface area contributed by atoms with Gasteiger partial charge in [0.05, 0.1) is 9.95 Å². The van der Waals surface area contributed by atoms with Crippen LogP contribution in [0.15, 0.2) is 29.8 Å². The summed E-state index contributed by atoms with van der Waals surface area (Å²) in [7, 11) is 0. The standard InChI is InChI=1S/C12H12ClNO5/c1-2-8(12(15)16)6-7-19-11-9(13)4-3-5-10(11)14(17)18/h3-6H,2,7H2,1H3,(H,15,16)/b8-6-. The molecule has 0 aliphatic heterocycles. The molecule has 102 valence electrons. The molecule has 7 heteroatoms. The molecule has 1 aromatic carbocycles. The Kier molecular flexibility index (Phi) is 5.32. The number of hydrogen-bond acceptors (Lipinski definition) is 4. The first-order valence-corrected chi connectivity index (χ1v) is 5.83. The van der Waals surface area contributed by atoms with Crippen molar-refractivity contribution in [1.82, 2.24) is 0 Å². The highest BCUT2D eigenvalue weighted by molar-refractivity contribution is 6.32. The summed E-state index contributed by atoms with van der Waals surface area (Å²) in [5.74, 6) is -1.11. The topological polar surface area (TPSA) is 89.7 Å². The summed E-state index contributed by atoms with van der Waals surface area (Å²) in [5.41, 5.74) is -0.0796. The summed E-state index contributed by atoms with van der Waals surface area (Å²) in [6, 6.07) is 4.17. The molecule has 0 bridgehead atoms. The largest absolute Gasteiger partial charge is 0.482 e. The Morgan fingerprint density at radius 2 is 2.26 bits per heavy atom. The lowest BCUT2D eigenvalue weighted by molar-refractivity contribution is -0.385. The van der Waals surface area contributed by atoms with E-state index in [4.69, 9.17) is 21.4 Å². The van der Waals surface area contributed by atoms with Gasteiger partial charge >= 0.3 is 11.7 Å². The van der Waals surface area contributed by atoms with E-state index in [1.165, 1.54) is 24.3 Å². The highest BCUT2D eigenvalue weighted by atomic mass is 35.5. The number of carboxylic acid groups (broad SMARTS) is 1. The third-order valence-electron chi connectivity index (χ3n) is 2.36. The molecule has 0 saturated heterocycles. The molecule has 0 spiro atoms. The molecule has 0 saturated carbocycles. The van der Waals surface area contributed by atoms with Crippen LogP contribution in [0.5, 0.6) is 5.75 Å². The van der Waals surface area contributed by atoms with Crippen LogP contribution in [0, 0.1) is 10.1 Å². The van der Waals surface area contributed by atoms with Crippen LogP contribution in [0.25, 0.3) is 0 Å². The zero-order chi connectivity index (χ0) is 14.4. The van der Waals surface area contributed by atoms with Gasteiger partial charge in [0, 0.05) is 11.6 Å². The SMILES string of the molecule is CC/C(=C/COc1c(Cl)cccc1[N+](=O)[O-])C(=O)O. The second-order valence-corrected chi connectivity index (χ2v) is 3.95. The van der Waals surface area contributed by atoms with E-state index in [1.807, 2.05) is 0 Å². The molecular weight excluding hydrogens is 274 g/mol. The Morgan fingerprint density at radius 3 is 2.79 bits per heavy atom. The third-order valence-corrected chi connectivity index (χ3v) is 2.65. The molecule has 0 radical (unpaired) electrons. The molecule has 0 aliphatic carbocycles. The predicted octanol–water partition coefficient (Wildman–Crippen LogP) is 3.05. The van der Waals surface area contributed by atoms with E-state index < -0.39 is 10.9 Å². The molecule has 0 heterocycles. The van der Waals surface area contributed by atoms with Crippen molar-refractivity contribution in [2.24, 2.45) is 0 Å². The van der Waals surface area contributed by atoms with Crippen LogP contribution in [-0.2, 0) is 4.79 Å².